The minimum Gasteiger partial charge on any atom is -0.309 e. The van der Waals surface area contributed by atoms with Gasteiger partial charge in [0.1, 0.15) is 10.8 Å². The molecule has 0 bridgehead atoms. The Bertz CT molecular complexity index is 377. The SMILES string of the molecule is CN(C)CCC(=O)Cc1nc(C(C)(C)C)cs1. The molecule has 0 aliphatic heterocycles. The van der Waals surface area contributed by atoms with E-state index in [1.54, 1.807) is 11.3 Å². The molecule has 0 fully saturated rings. The van der Waals surface area contributed by atoms with Gasteiger partial charge in [0.25, 0.3) is 0 Å². The maximum atomic E-state index is 11.7. The zero-order valence-electron chi connectivity index (χ0n) is 11.4. The van der Waals surface area contributed by atoms with Crippen molar-refractivity contribution in [2.75, 3.05) is 20.6 Å². The molecule has 0 aromatic carbocycles. The van der Waals surface area contributed by atoms with Gasteiger partial charge in [0, 0.05) is 23.8 Å². The molecule has 1 aromatic rings. The highest BCUT2D eigenvalue weighted by molar-refractivity contribution is 7.09. The van der Waals surface area contributed by atoms with Crippen LogP contribution in [0, 0.1) is 0 Å². The van der Waals surface area contributed by atoms with Gasteiger partial charge < -0.3 is 4.90 Å². The first kappa shape index (κ1) is 14.3. The van der Waals surface area contributed by atoms with E-state index in [-0.39, 0.29) is 11.2 Å². The molecule has 0 aliphatic rings. The summed E-state index contributed by atoms with van der Waals surface area (Å²) in [4.78, 5) is 18.3. The number of thiazole rings is 1. The molecule has 3 nitrogen and oxygen atoms in total. The lowest BCUT2D eigenvalue weighted by Gasteiger charge is -2.14. The Morgan fingerprint density at radius 3 is 2.53 bits per heavy atom. The van der Waals surface area contributed by atoms with Gasteiger partial charge in [-0.15, -0.1) is 11.3 Å². The quantitative estimate of drug-likeness (QED) is 0.809. The molecule has 1 aromatic heterocycles. The maximum absolute atomic E-state index is 11.7. The van der Waals surface area contributed by atoms with E-state index in [0.29, 0.717) is 12.8 Å². The number of rotatable bonds is 5. The lowest BCUT2D eigenvalue weighted by Crippen LogP contribution is -2.17. The lowest BCUT2D eigenvalue weighted by molar-refractivity contribution is -0.118. The Kier molecular flexibility index (Phi) is 4.83. The second kappa shape index (κ2) is 5.74. The van der Waals surface area contributed by atoms with Crippen molar-refractivity contribution in [1.29, 1.82) is 0 Å². The highest BCUT2D eigenvalue weighted by atomic mass is 32.1. The minimum atomic E-state index is 0.0709. The number of nitrogens with zero attached hydrogens (tertiary/aromatic N) is 2. The molecule has 0 unspecified atom stereocenters. The van der Waals surface area contributed by atoms with Crippen LogP contribution in [0.1, 0.15) is 37.9 Å². The molecule has 0 saturated carbocycles. The third-order valence-corrected chi connectivity index (χ3v) is 3.36. The summed E-state index contributed by atoms with van der Waals surface area (Å²) < 4.78 is 0. The number of carbonyl (C=O) groups is 1. The molecule has 0 spiro atoms. The molecule has 17 heavy (non-hydrogen) atoms. The van der Waals surface area contributed by atoms with Gasteiger partial charge in [-0.05, 0) is 14.1 Å². The number of hydrogen-bond acceptors (Lipinski definition) is 4. The zero-order chi connectivity index (χ0) is 13.1. The monoisotopic (exact) mass is 254 g/mol. The van der Waals surface area contributed by atoms with Gasteiger partial charge in [-0.25, -0.2) is 4.98 Å². The minimum absolute atomic E-state index is 0.0709. The summed E-state index contributed by atoms with van der Waals surface area (Å²) in [5, 5.41) is 3.01. The molecule has 0 N–H and O–H groups in total. The maximum Gasteiger partial charge on any atom is 0.140 e. The van der Waals surface area contributed by atoms with E-state index < -0.39 is 0 Å². The standard InChI is InChI=1S/C13H22N2OS/c1-13(2,3)11-9-17-12(14-11)8-10(16)6-7-15(4)5/h9H,6-8H2,1-5H3. The van der Waals surface area contributed by atoms with Crippen LogP contribution in [-0.2, 0) is 16.6 Å². The molecule has 1 heterocycles. The normalized spacial score (nSPS) is 12.1. The predicted molar refractivity (Wildman–Crippen MR) is 72.7 cm³/mol. The highest BCUT2D eigenvalue weighted by Crippen LogP contribution is 2.24. The number of Topliss-reactive ketones (excluding diaryl/α,β-unsaturated/α-hetero) is 1. The summed E-state index contributed by atoms with van der Waals surface area (Å²) in [5.74, 6) is 0.272. The molecule has 0 radical (unpaired) electrons. The van der Waals surface area contributed by atoms with E-state index in [1.807, 2.05) is 19.0 Å². The molecular formula is C13H22N2OS. The van der Waals surface area contributed by atoms with Crippen molar-refractivity contribution in [3.8, 4) is 0 Å². The van der Waals surface area contributed by atoms with E-state index in [4.69, 9.17) is 0 Å². The Balaban J connectivity index is 2.52. The van der Waals surface area contributed by atoms with Crippen LogP contribution in [0.25, 0.3) is 0 Å². The number of carbonyl (C=O) groups excluding carboxylic acids is 1. The van der Waals surface area contributed by atoms with Gasteiger partial charge in [-0.3, -0.25) is 4.79 Å². The summed E-state index contributed by atoms with van der Waals surface area (Å²) in [6, 6.07) is 0. The molecule has 0 aliphatic carbocycles. The van der Waals surface area contributed by atoms with Crippen LogP contribution >= 0.6 is 11.3 Å². The van der Waals surface area contributed by atoms with Crippen molar-refractivity contribution >= 4 is 17.1 Å². The summed E-state index contributed by atoms with van der Waals surface area (Å²) in [7, 11) is 3.96. The fraction of sp³-hybridized carbons (Fsp3) is 0.692. The fourth-order valence-electron chi connectivity index (χ4n) is 1.34. The van der Waals surface area contributed by atoms with Crippen LogP contribution in [-0.4, -0.2) is 36.3 Å². The van der Waals surface area contributed by atoms with Gasteiger partial charge >= 0.3 is 0 Å². The van der Waals surface area contributed by atoms with Gasteiger partial charge in [-0.1, -0.05) is 20.8 Å². The van der Waals surface area contributed by atoms with Gasteiger partial charge in [0.05, 0.1) is 12.1 Å². The average Bonchev–Trinajstić information content (AvgIpc) is 2.62. The number of aromatic nitrogens is 1. The Labute approximate surface area is 108 Å². The Morgan fingerprint density at radius 1 is 1.41 bits per heavy atom. The summed E-state index contributed by atoms with van der Waals surface area (Å²) in [6.45, 7) is 7.23. The first-order valence-corrected chi connectivity index (χ1v) is 6.78. The van der Waals surface area contributed by atoms with Crippen molar-refractivity contribution < 1.29 is 4.79 Å². The van der Waals surface area contributed by atoms with Crippen molar-refractivity contribution in [3.63, 3.8) is 0 Å². The summed E-state index contributed by atoms with van der Waals surface area (Å²) >= 11 is 1.59. The zero-order valence-corrected chi connectivity index (χ0v) is 12.2. The first-order chi connectivity index (χ1) is 7.79. The van der Waals surface area contributed by atoms with E-state index in [0.717, 1.165) is 17.2 Å². The van der Waals surface area contributed by atoms with Crippen LogP contribution in [0.5, 0.6) is 0 Å². The second-order valence-electron chi connectivity index (χ2n) is 5.65. The Hall–Kier alpha value is -0.740. The molecule has 0 amide bonds. The fourth-order valence-corrected chi connectivity index (χ4v) is 2.39. The largest absolute Gasteiger partial charge is 0.309 e. The molecule has 0 atom stereocenters. The lowest BCUT2D eigenvalue weighted by atomic mass is 9.93. The van der Waals surface area contributed by atoms with E-state index >= 15 is 0 Å². The van der Waals surface area contributed by atoms with Crippen LogP contribution in [0.2, 0.25) is 0 Å². The van der Waals surface area contributed by atoms with E-state index in [9.17, 15) is 4.79 Å². The number of ketones is 1. The second-order valence-corrected chi connectivity index (χ2v) is 6.59. The third kappa shape index (κ3) is 4.96. The van der Waals surface area contributed by atoms with Crippen molar-refractivity contribution in [1.82, 2.24) is 9.88 Å². The summed E-state index contributed by atoms with van der Waals surface area (Å²) in [6.07, 6.45) is 1.09. The van der Waals surface area contributed by atoms with Crippen LogP contribution in [0.3, 0.4) is 0 Å². The van der Waals surface area contributed by atoms with Gasteiger partial charge in [-0.2, -0.15) is 0 Å². The molecule has 96 valence electrons. The van der Waals surface area contributed by atoms with E-state index in [2.05, 4.69) is 31.1 Å². The van der Waals surface area contributed by atoms with Crippen LogP contribution in [0.4, 0.5) is 0 Å². The van der Waals surface area contributed by atoms with Crippen molar-refractivity contribution in [2.45, 2.75) is 39.0 Å². The molecular weight excluding hydrogens is 232 g/mol. The van der Waals surface area contributed by atoms with Gasteiger partial charge in [0.15, 0.2) is 0 Å². The average molecular weight is 254 g/mol. The number of hydrogen-bond donors (Lipinski definition) is 0. The smallest absolute Gasteiger partial charge is 0.140 e. The molecule has 0 saturated heterocycles. The first-order valence-electron chi connectivity index (χ1n) is 5.90. The Morgan fingerprint density at radius 2 is 2.06 bits per heavy atom. The van der Waals surface area contributed by atoms with E-state index in [1.165, 1.54) is 0 Å². The highest BCUT2D eigenvalue weighted by Gasteiger charge is 2.18. The van der Waals surface area contributed by atoms with Crippen LogP contribution in [0.15, 0.2) is 5.38 Å². The molecule has 1 rings (SSSR count). The topological polar surface area (TPSA) is 33.2 Å². The third-order valence-electron chi connectivity index (χ3n) is 2.51. The summed E-state index contributed by atoms with van der Waals surface area (Å²) in [5.41, 5.74) is 1.15. The predicted octanol–water partition coefficient (Wildman–Crippen LogP) is 2.50. The molecule has 4 heteroatoms. The van der Waals surface area contributed by atoms with Crippen LogP contribution < -0.4 is 0 Å². The van der Waals surface area contributed by atoms with Crippen molar-refractivity contribution in [3.05, 3.63) is 16.1 Å². The van der Waals surface area contributed by atoms with Crippen molar-refractivity contribution in [2.24, 2.45) is 0 Å². The van der Waals surface area contributed by atoms with Gasteiger partial charge in [0.2, 0.25) is 0 Å².